The molecule has 6 heteroatoms. The van der Waals surface area contributed by atoms with Crippen molar-refractivity contribution in [2.24, 2.45) is 5.92 Å². The van der Waals surface area contributed by atoms with Crippen molar-refractivity contribution in [1.82, 2.24) is 5.32 Å². The van der Waals surface area contributed by atoms with Gasteiger partial charge >= 0.3 is 5.97 Å². The van der Waals surface area contributed by atoms with Gasteiger partial charge in [-0.3, -0.25) is 9.59 Å². The van der Waals surface area contributed by atoms with Crippen molar-refractivity contribution in [1.29, 1.82) is 0 Å². The second-order valence-electron chi connectivity index (χ2n) is 4.22. The molecular weight excluding hydrogens is 250 g/mol. The van der Waals surface area contributed by atoms with Gasteiger partial charge in [-0.1, -0.05) is 6.92 Å². The third-order valence-electron chi connectivity index (χ3n) is 2.99. The number of carbonyl (C=O) groups excluding carboxylic acids is 1. The Morgan fingerprint density at radius 1 is 1.37 bits per heavy atom. The average Bonchev–Trinajstić information content (AvgIpc) is 2.85. The summed E-state index contributed by atoms with van der Waals surface area (Å²) in [5.41, 5.74) is 0.421. The summed E-state index contributed by atoms with van der Waals surface area (Å²) in [5, 5.41) is 11.5. The van der Waals surface area contributed by atoms with Gasteiger partial charge in [-0.15, -0.1) is 0 Å². The number of fused-ring (bicyclic) bond motifs is 1. The lowest BCUT2D eigenvalue weighted by molar-refractivity contribution is -0.141. The number of benzene rings is 1. The van der Waals surface area contributed by atoms with Crippen molar-refractivity contribution < 1.29 is 24.2 Å². The van der Waals surface area contributed by atoms with Crippen LogP contribution in [0.4, 0.5) is 0 Å². The normalized spacial score (nSPS) is 13.9. The third kappa shape index (κ3) is 2.96. The van der Waals surface area contributed by atoms with Gasteiger partial charge in [0.1, 0.15) is 0 Å². The number of aliphatic carboxylic acids is 1. The number of ether oxygens (including phenoxy) is 2. The molecule has 1 aromatic carbocycles. The summed E-state index contributed by atoms with van der Waals surface area (Å²) in [6.07, 6.45) is 0.469. The average molecular weight is 265 g/mol. The molecule has 0 aliphatic carbocycles. The molecule has 2 rings (SSSR count). The fourth-order valence-electron chi connectivity index (χ4n) is 1.76. The molecule has 19 heavy (non-hydrogen) atoms. The Kier molecular flexibility index (Phi) is 3.89. The van der Waals surface area contributed by atoms with Crippen LogP contribution in [-0.4, -0.2) is 30.3 Å². The lowest BCUT2D eigenvalue weighted by Gasteiger charge is -2.11. The fraction of sp³-hybridized carbons (Fsp3) is 0.385. The first-order chi connectivity index (χ1) is 9.11. The molecule has 1 atom stereocenters. The molecule has 1 unspecified atom stereocenters. The van der Waals surface area contributed by atoms with Crippen LogP contribution in [0, 0.1) is 5.92 Å². The highest BCUT2D eigenvalue weighted by Crippen LogP contribution is 2.32. The third-order valence-corrected chi connectivity index (χ3v) is 2.99. The van der Waals surface area contributed by atoms with E-state index in [0.717, 1.165) is 0 Å². The van der Waals surface area contributed by atoms with E-state index in [1.165, 1.54) is 0 Å². The van der Waals surface area contributed by atoms with Crippen molar-refractivity contribution >= 4 is 11.9 Å². The zero-order chi connectivity index (χ0) is 13.8. The van der Waals surface area contributed by atoms with Gasteiger partial charge in [-0.05, 0) is 24.6 Å². The van der Waals surface area contributed by atoms with Gasteiger partial charge in [0.05, 0.1) is 5.92 Å². The lowest BCUT2D eigenvalue weighted by atomic mass is 10.1. The van der Waals surface area contributed by atoms with Gasteiger partial charge in [0.2, 0.25) is 6.79 Å². The number of carboxylic acids is 1. The summed E-state index contributed by atoms with van der Waals surface area (Å²) in [6, 6.07) is 4.86. The van der Waals surface area contributed by atoms with Gasteiger partial charge in [0.25, 0.3) is 5.91 Å². The van der Waals surface area contributed by atoms with E-state index >= 15 is 0 Å². The highest BCUT2D eigenvalue weighted by atomic mass is 16.7. The maximum Gasteiger partial charge on any atom is 0.308 e. The summed E-state index contributed by atoms with van der Waals surface area (Å²) in [5.74, 6) is -0.670. The zero-order valence-electron chi connectivity index (χ0n) is 10.5. The molecule has 1 aromatic rings. The number of nitrogens with one attached hydrogen (secondary N) is 1. The highest BCUT2D eigenvalue weighted by Gasteiger charge is 2.19. The quantitative estimate of drug-likeness (QED) is 0.837. The van der Waals surface area contributed by atoms with E-state index < -0.39 is 11.9 Å². The monoisotopic (exact) mass is 265 g/mol. The Hall–Kier alpha value is -2.24. The Labute approximate surface area is 110 Å². The zero-order valence-corrected chi connectivity index (χ0v) is 10.5. The van der Waals surface area contributed by atoms with Gasteiger partial charge in [-0.2, -0.15) is 0 Å². The largest absolute Gasteiger partial charge is 0.481 e. The van der Waals surface area contributed by atoms with Crippen LogP contribution in [0.15, 0.2) is 18.2 Å². The maximum absolute atomic E-state index is 11.9. The number of carboxylic acid groups (broad SMARTS) is 1. The minimum atomic E-state index is -0.909. The Balaban J connectivity index is 1.98. The number of amides is 1. The highest BCUT2D eigenvalue weighted by molar-refractivity contribution is 5.95. The van der Waals surface area contributed by atoms with E-state index in [2.05, 4.69) is 5.32 Å². The molecule has 6 nitrogen and oxygen atoms in total. The van der Waals surface area contributed by atoms with Crippen molar-refractivity contribution in [3.63, 3.8) is 0 Å². The van der Waals surface area contributed by atoms with Crippen LogP contribution in [0.2, 0.25) is 0 Å². The molecule has 1 aliphatic heterocycles. The van der Waals surface area contributed by atoms with Crippen molar-refractivity contribution in [2.45, 2.75) is 13.3 Å². The molecule has 0 fully saturated rings. The first kappa shape index (κ1) is 13.2. The lowest BCUT2D eigenvalue weighted by Crippen LogP contribution is -2.32. The summed E-state index contributed by atoms with van der Waals surface area (Å²) in [6.45, 7) is 2.03. The van der Waals surface area contributed by atoms with Crippen LogP contribution in [0.1, 0.15) is 23.7 Å². The smallest absolute Gasteiger partial charge is 0.308 e. The van der Waals surface area contributed by atoms with Crippen molar-refractivity contribution in [3.05, 3.63) is 23.8 Å². The topological polar surface area (TPSA) is 84.9 Å². The predicted octanol–water partition coefficient (Wildman–Crippen LogP) is 1.26. The summed E-state index contributed by atoms with van der Waals surface area (Å²) < 4.78 is 10.3. The molecule has 0 bridgehead atoms. The van der Waals surface area contributed by atoms with E-state index in [1.54, 1.807) is 25.1 Å². The molecule has 102 valence electrons. The molecule has 1 heterocycles. The van der Waals surface area contributed by atoms with E-state index in [4.69, 9.17) is 14.6 Å². The summed E-state index contributed by atoms with van der Waals surface area (Å²) >= 11 is 0. The number of hydrogen-bond acceptors (Lipinski definition) is 4. The number of rotatable bonds is 5. The molecular formula is C13H15NO5. The molecule has 1 amide bonds. The van der Waals surface area contributed by atoms with E-state index in [9.17, 15) is 9.59 Å². The summed E-state index contributed by atoms with van der Waals surface area (Å²) in [7, 11) is 0. The SMILES string of the molecule is CCC(CNC(=O)c1ccc2c(c1)OCO2)C(=O)O. The van der Waals surface area contributed by atoms with Crippen LogP contribution in [0.5, 0.6) is 11.5 Å². The van der Waals surface area contributed by atoms with E-state index in [1.807, 2.05) is 0 Å². The molecule has 0 aromatic heterocycles. The maximum atomic E-state index is 11.9. The van der Waals surface area contributed by atoms with Gasteiger partial charge < -0.3 is 19.9 Å². The fourth-order valence-corrected chi connectivity index (χ4v) is 1.76. The minimum Gasteiger partial charge on any atom is -0.481 e. The first-order valence-corrected chi connectivity index (χ1v) is 6.02. The predicted molar refractivity (Wildman–Crippen MR) is 66.3 cm³/mol. The van der Waals surface area contributed by atoms with Crippen LogP contribution in [-0.2, 0) is 4.79 Å². The standard InChI is InChI=1S/C13H15NO5/c1-2-8(13(16)17)6-14-12(15)9-3-4-10-11(5-9)19-7-18-10/h3-5,8H,2,6-7H2,1H3,(H,14,15)(H,16,17). The van der Waals surface area contributed by atoms with Gasteiger partial charge in [0.15, 0.2) is 11.5 Å². The molecule has 0 saturated heterocycles. The molecule has 0 saturated carbocycles. The van der Waals surface area contributed by atoms with Crippen molar-refractivity contribution in [2.75, 3.05) is 13.3 Å². The Morgan fingerprint density at radius 3 is 2.79 bits per heavy atom. The molecule has 0 spiro atoms. The van der Waals surface area contributed by atoms with Crippen LogP contribution in [0.25, 0.3) is 0 Å². The Bertz CT molecular complexity index is 500. The number of carbonyl (C=O) groups is 2. The van der Waals surface area contributed by atoms with Crippen LogP contribution in [0.3, 0.4) is 0 Å². The molecule has 0 radical (unpaired) electrons. The Morgan fingerprint density at radius 2 is 2.11 bits per heavy atom. The van der Waals surface area contributed by atoms with Crippen molar-refractivity contribution in [3.8, 4) is 11.5 Å². The number of hydrogen-bond donors (Lipinski definition) is 2. The second-order valence-corrected chi connectivity index (χ2v) is 4.22. The molecule has 2 N–H and O–H groups in total. The van der Waals surface area contributed by atoms with E-state index in [-0.39, 0.29) is 19.2 Å². The first-order valence-electron chi connectivity index (χ1n) is 6.02. The van der Waals surface area contributed by atoms with Gasteiger partial charge in [-0.25, -0.2) is 0 Å². The summed E-state index contributed by atoms with van der Waals surface area (Å²) in [4.78, 5) is 22.7. The molecule has 1 aliphatic rings. The van der Waals surface area contributed by atoms with E-state index in [0.29, 0.717) is 23.5 Å². The van der Waals surface area contributed by atoms with Gasteiger partial charge in [0, 0.05) is 12.1 Å². The second kappa shape index (κ2) is 5.60. The van der Waals surface area contributed by atoms with Crippen LogP contribution < -0.4 is 14.8 Å². The minimum absolute atomic E-state index is 0.110. The van der Waals surface area contributed by atoms with Crippen LogP contribution >= 0.6 is 0 Å².